The second-order valence-electron chi connectivity index (χ2n) is 2.78. The number of sulfonamides is 1. The minimum atomic E-state index is -3.53. The van der Waals surface area contributed by atoms with E-state index in [0.717, 1.165) is 0 Å². The second-order valence-corrected chi connectivity index (χ2v) is 4.71. The predicted octanol–water partition coefficient (Wildman–Crippen LogP) is -2.21. The van der Waals surface area contributed by atoms with E-state index in [1.807, 2.05) is 4.72 Å². The first-order valence-corrected chi connectivity index (χ1v) is 6.06. The molecule has 0 heterocycles. The normalized spacial score (nSPS) is 13.7. The molecule has 0 bridgehead atoms. The Kier molecular flexibility index (Phi) is 6.41. The third kappa shape index (κ3) is 7.25. The Balaban J connectivity index is 3.89. The van der Waals surface area contributed by atoms with Crippen molar-refractivity contribution in [1.82, 2.24) is 4.72 Å². The van der Waals surface area contributed by atoms with Gasteiger partial charge in [0.2, 0.25) is 15.9 Å². The molecule has 1 atom stereocenters. The van der Waals surface area contributed by atoms with E-state index < -0.39 is 28.6 Å². The van der Waals surface area contributed by atoms with E-state index in [0.29, 0.717) is 6.61 Å². The van der Waals surface area contributed by atoms with E-state index in [1.165, 1.54) is 0 Å². The smallest absolute Gasteiger partial charge is 0.247 e. The number of aliphatic hydroxyl groups excluding tert-OH is 1. The Morgan fingerprint density at radius 3 is 2.67 bits per heavy atom. The number of carbonyl (C=O) groups is 1. The Morgan fingerprint density at radius 2 is 2.20 bits per heavy atom. The molecule has 0 aromatic carbocycles. The first-order chi connectivity index (χ1) is 6.89. The van der Waals surface area contributed by atoms with Gasteiger partial charge in [-0.15, -0.1) is 0 Å². The van der Waals surface area contributed by atoms with E-state index in [1.54, 1.807) is 6.92 Å². The summed E-state index contributed by atoms with van der Waals surface area (Å²) in [6, 6.07) is 0. The Hall–Kier alpha value is -0.700. The zero-order valence-electron chi connectivity index (χ0n) is 8.47. The summed E-state index contributed by atoms with van der Waals surface area (Å²) in [5.41, 5.74) is 4.74. The van der Waals surface area contributed by atoms with Crippen LogP contribution in [0.2, 0.25) is 0 Å². The molecule has 0 aliphatic carbocycles. The van der Waals surface area contributed by atoms with E-state index in [-0.39, 0.29) is 12.4 Å². The molecule has 8 heteroatoms. The molecule has 1 amide bonds. The summed E-state index contributed by atoms with van der Waals surface area (Å²) >= 11 is 0. The highest BCUT2D eigenvalue weighted by Crippen LogP contribution is 1.87. The number of ether oxygens (including phenoxy) is 1. The lowest BCUT2D eigenvalue weighted by atomic mass is 10.3. The zero-order chi connectivity index (χ0) is 11.9. The molecule has 0 aromatic rings. The van der Waals surface area contributed by atoms with Crippen molar-refractivity contribution < 1.29 is 23.1 Å². The van der Waals surface area contributed by atoms with Crippen molar-refractivity contribution in [1.29, 1.82) is 0 Å². The lowest BCUT2D eigenvalue weighted by molar-refractivity contribution is -0.125. The first kappa shape index (κ1) is 14.3. The fraction of sp³-hybridized carbons (Fsp3) is 0.857. The molecular formula is C7H16N2O5S. The summed E-state index contributed by atoms with van der Waals surface area (Å²) in [5, 5.41) is 8.93. The van der Waals surface area contributed by atoms with Crippen molar-refractivity contribution in [2.45, 2.75) is 13.0 Å². The van der Waals surface area contributed by atoms with Crippen molar-refractivity contribution in [3.63, 3.8) is 0 Å². The van der Waals surface area contributed by atoms with Crippen molar-refractivity contribution in [2.75, 3.05) is 25.5 Å². The molecule has 0 rings (SSSR count). The van der Waals surface area contributed by atoms with Crippen molar-refractivity contribution in [3.8, 4) is 0 Å². The van der Waals surface area contributed by atoms with E-state index in [2.05, 4.69) is 0 Å². The molecule has 4 N–H and O–H groups in total. The summed E-state index contributed by atoms with van der Waals surface area (Å²) in [5.74, 6) is -1.19. The minimum Gasteiger partial charge on any atom is -0.382 e. The number of hydrogen-bond donors (Lipinski definition) is 3. The van der Waals surface area contributed by atoms with Crippen LogP contribution in [0, 0.1) is 0 Å². The third-order valence-corrected chi connectivity index (χ3v) is 2.84. The summed E-state index contributed by atoms with van der Waals surface area (Å²) < 4.78 is 29.2. The van der Waals surface area contributed by atoms with E-state index in [4.69, 9.17) is 15.6 Å². The van der Waals surface area contributed by atoms with Gasteiger partial charge in [0.15, 0.2) is 0 Å². The Labute approximate surface area is 88.6 Å². The van der Waals surface area contributed by atoms with Crippen LogP contribution in [-0.4, -0.2) is 51.0 Å². The van der Waals surface area contributed by atoms with Crippen LogP contribution < -0.4 is 10.5 Å². The molecule has 15 heavy (non-hydrogen) atoms. The third-order valence-electron chi connectivity index (χ3n) is 1.53. The van der Waals surface area contributed by atoms with Crippen LogP contribution in [0.1, 0.15) is 6.92 Å². The highest BCUT2D eigenvalue weighted by atomic mass is 32.2. The monoisotopic (exact) mass is 240 g/mol. The lowest BCUT2D eigenvalue weighted by Crippen LogP contribution is -2.41. The van der Waals surface area contributed by atoms with Crippen LogP contribution in [0.5, 0.6) is 0 Å². The largest absolute Gasteiger partial charge is 0.382 e. The average Bonchev–Trinajstić information content (AvgIpc) is 2.14. The number of primary amides is 1. The van der Waals surface area contributed by atoms with Gasteiger partial charge in [0.1, 0.15) is 6.10 Å². The highest BCUT2D eigenvalue weighted by molar-refractivity contribution is 7.89. The van der Waals surface area contributed by atoms with E-state index in [9.17, 15) is 13.2 Å². The van der Waals surface area contributed by atoms with Gasteiger partial charge in [-0.1, -0.05) is 0 Å². The maximum absolute atomic E-state index is 11.2. The summed E-state index contributed by atoms with van der Waals surface area (Å²) in [7, 11) is -3.53. The second kappa shape index (κ2) is 6.72. The molecule has 0 saturated carbocycles. The topological polar surface area (TPSA) is 119 Å². The number of amides is 1. The van der Waals surface area contributed by atoms with Crippen LogP contribution >= 0.6 is 0 Å². The first-order valence-electron chi connectivity index (χ1n) is 4.41. The van der Waals surface area contributed by atoms with Gasteiger partial charge in [0.05, 0.1) is 12.4 Å². The van der Waals surface area contributed by atoms with Gasteiger partial charge in [-0.3, -0.25) is 4.79 Å². The van der Waals surface area contributed by atoms with Gasteiger partial charge >= 0.3 is 0 Å². The fourth-order valence-corrected chi connectivity index (χ4v) is 1.59. The number of nitrogens with one attached hydrogen (secondary N) is 1. The van der Waals surface area contributed by atoms with Gasteiger partial charge < -0.3 is 15.6 Å². The van der Waals surface area contributed by atoms with Gasteiger partial charge in [-0.2, -0.15) is 0 Å². The molecule has 90 valence electrons. The summed E-state index contributed by atoms with van der Waals surface area (Å²) in [6.07, 6.45) is -1.51. The van der Waals surface area contributed by atoms with Crippen molar-refractivity contribution in [3.05, 3.63) is 0 Å². The quantitative estimate of drug-likeness (QED) is 0.416. The zero-order valence-corrected chi connectivity index (χ0v) is 9.29. The van der Waals surface area contributed by atoms with Gasteiger partial charge in [-0.05, 0) is 6.92 Å². The Bertz CT molecular complexity index is 290. The molecule has 0 spiro atoms. The molecule has 1 unspecified atom stereocenters. The molecule has 0 aliphatic rings. The molecule has 0 radical (unpaired) electrons. The number of hydrogen-bond acceptors (Lipinski definition) is 5. The highest BCUT2D eigenvalue weighted by Gasteiger charge is 2.15. The standard InChI is InChI=1S/C7H16N2O5S/c1-2-14-3-4-15(12,13)9-5-6(10)7(8)11/h6,9-10H,2-5H2,1H3,(H2,8,11). The molecular weight excluding hydrogens is 224 g/mol. The van der Waals surface area contributed by atoms with Gasteiger partial charge in [-0.25, -0.2) is 13.1 Å². The van der Waals surface area contributed by atoms with Crippen LogP contribution in [0.4, 0.5) is 0 Å². The maximum atomic E-state index is 11.2. The molecule has 0 fully saturated rings. The van der Waals surface area contributed by atoms with Crippen LogP contribution in [0.3, 0.4) is 0 Å². The summed E-state index contributed by atoms with van der Waals surface area (Å²) in [6.45, 7) is 1.83. The number of aliphatic hydroxyl groups is 1. The van der Waals surface area contributed by atoms with Crippen molar-refractivity contribution >= 4 is 15.9 Å². The minimum absolute atomic E-state index is 0.0680. The summed E-state index contributed by atoms with van der Waals surface area (Å²) in [4.78, 5) is 10.4. The van der Waals surface area contributed by atoms with Gasteiger partial charge in [0, 0.05) is 13.2 Å². The van der Waals surface area contributed by atoms with Crippen LogP contribution in [-0.2, 0) is 19.6 Å². The van der Waals surface area contributed by atoms with Gasteiger partial charge in [0.25, 0.3) is 0 Å². The maximum Gasteiger partial charge on any atom is 0.247 e. The van der Waals surface area contributed by atoms with Crippen LogP contribution in [0.25, 0.3) is 0 Å². The SMILES string of the molecule is CCOCCS(=O)(=O)NCC(O)C(N)=O. The van der Waals surface area contributed by atoms with Crippen molar-refractivity contribution in [2.24, 2.45) is 5.73 Å². The number of nitrogens with two attached hydrogens (primary N) is 1. The number of carbonyl (C=O) groups excluding carboxylic acids is 1. The average molecular weight is 240 g/mol. The molecule has 0 saturated heterocycles. The molecule has 7 nitrogen and oxygen atoms in total. The lowest BCUT2D eigenvalue weighted by Gasteiger charge is -2.09. The van der Waals surface area contributed by atoms with E-state index >= 15 is 0 Å². The number of rotatable bonds is 8. The Morgan fingerprint density at radius 1 is 1.60 bits per heavy atom. The predicted molar refractivity (Wildman–Crippen MR) is 53.5 cm³/mol. The molecule has 0 aromatic heterocycles. The molecule has 0 aliphatic heterocycles. The fourth-order valence-electron chi connectivity index (χ4n) is 0.692. The van der Waals surface area contributed by atoms with Crippen LogP contribution in [0.15, 0.2) is 0 Å².